The molecule has 0 spiro atoms. The van der Waals surface area contributed by atoms with Crippen molar-refractivity contribution in [2.45, 2.75) is 6.92 Å². The third-order valence-electron chi connectivity index (χ3n) is 3.69. The van der Waals surface area contributed by atoms with Crippen LogP contribution in [0.4, 0.5) is 11.4 Å². The van der Waals surface area contributed by atoms with Gasteiger partial charge in [0.1, 0.15) is 11.8 Å². The molecule has 3 aromatic rings. The standard InChI is InChI=1S/C18H14N6OS/c1-10-4-11(6-19)7-22-17(10)18(25)24-12-2-3-14(20)13(5-12)16(21)15-8-26-9-23-15/h2-5,7-9,21H,20H2,1H3,(H,24,25). The number of benzene rings is 1. The molecule has 8 heteroatoms. The maximum atomic E-state index is 12.5. The molecule has 0 atom stereocenters. The number of hydrogen-bond acceptors (Lipinski definition) is 7. The first kappa shape index (κ1) is 17.3. The molecule has 0 radical (unpaired) electrons. The van der Waals surface area contributed by atoms with Gasteiger partial charge in [-0.3, -0.25) is 10.2 Å². The van der Waals surface area contributed by atoms with E-state index in [1.807, 2.05) is 6.07 Å². The summed E-state index contributed by atoms with van der Waals surface area (Å²) in [7, 11) is 0. The van der Waals surface area contributed by atoms with Crippen molar-refractivity contribution in [2.75, 3.05) is 11.1 Å². The number of thiazole rings is 1. The number of nitrogen functional groups attached to an aromatic ring is 1. The lowest BCUT2D eigenvalue weighted by molar-refractivity contribution is 0.102. The van der Waals surface area contributed by atoms with E-state index >= 15 is 0 Å². The highest BCUT2D eigenvalue weighted by molar-refractivity contribution is 7.07. The third-order valence-corrected chi connectivity index (χ3v) is 4.28. The Bertz CT molecular complexity index is 1040. The number of amides is 1. The van der Waals surface area contributed by atoms with E-state index in [1.54, 1.807) is 42.1 Å². The van der Waals surface area contributed by atoms with E-state index in [2.05, 4.69) is 15.3 Å². The summed E-state index contributed by atoms with van der Waals surface area (Å²) in [5.41, 5.74) is 11.0. The molecule has 7 nitrogen and oxygen atoms in total. The van der Waals surface area contributed by atoms with Crippen LogP contribution in [0, 0.1) is 23.7 Å². The van der Waals surface area contributed by atoms with Crippen molar-refractivity contribution in [1.82, 2.24) is 9.97 Å². The Kier molecular flexibility index (Phi) is 4.73. The summed E-state index contributed by atoms with van der Waals surface area (Å²) in [5, 5.41) is 21.7. The minimum absolute atomic E-state index is 0.188. The van der Waals surface area contributed by atoms with Gasteiger partial charge in [-0.1, -0.05) is 0 Å². The lowest BCUT2D eigenvalue weighted by Crippen LogP contribution is -2.16. The monoisotopic (exact) mass is 362 g/mol. The van der Waals surface area contributed by atoms with Gasteiger partial charge in [0.05, 0.1) is 22.5 Å². The zero-order valence-corrected chi connectivity index (χ0v) is 14.6. The summed E-state index contributed by atoms with van der Waals surface area (Å²) in [6.07, 6.45) is 1.36. The molecule has 0 saturated heterocycles. The predicted molar refractivity (Wildman–Crippen MR) is 101 cm³/mol. The first-order valence-electron chi connectivity index (χ1n) is 7.54. The number of nitrogens with one attached hydrogen (secondary N) is 2. The van der Waals surface area contributed by atoms with Gasteiger partial charge in [-0.05, 0) is 36.8 Å². The minimum Gasteiger partial charge on any atom is -0.398 e. The van der Waals surface area contributed by atoms with Crippen molar-refractivity contribution in [3.8, 4) is 6.07 Å². The Morgan fingerprint density at radius 3 is 2.81 bits per heavy atom. The number of aromatic nitrogens is 2. The molecule has 0 unspecified atom stereocenters. The number of nitriles is 1. The second-order valence-corrected chi connectivity index (χ2v) is 6.22. The molecular weight excluding hydrogens is 348 g/mol. The van der Waals surface area contributed by atoms with Gasteiger partial charge in [0.25, 0.3) is 5.91 Å². The molecule has 2 heterocycles. The van der Waals surface area contributed by atoms with Gasteiger partial charge in [0.15, 0.2) is 0 Å². The summed E-state index contributed by atoms with van der Waals surface area (Å²) in [4.78, 5) is 20.6. The van der Waals surface area contributed by atoms with Gasteiger partial charge in [0.2, 0.25) is 0 Å². The molecule has 2 aromatic heterocycles. The molecule has 0 saturated carbocycles. The number of pyridine rings is 1. The number of hydrogen-bond donors (Lipinski definition) is 3. The van der Waals surface area contributed by atoms with Crippen molar-refractivity contribution in [2.24, 2.45) is 0 Å². The molecule has 0 aliphatic heterocycles. The second kappa shape index (κ2) is 7.13. The average Bonchev–Trinajstić information content (AvgIpc) is 3.17. The number of nitrogens with two attached hydrogens (primary N) is 1. The molecule has 3 rings (SSSR count). The lowest BCUT2D eigenvalue weighted by atomic mass is 10.0. The third kappa shape index (κ3) is 3.43. The summed E-state index contributed by atoms with van der Waals surface area (Å²) < 4.78 is 0. The fraction of sp³-hybridized carbons (Fsp3) is 0.0556. The van der Waals surface area contributed by atoms with Gasteiger partial charge < -0.3 is 11.1 Å². The molecule has 4 N–H and O–H groups in total. The number of aryl methyl sites for hydroxylation is 1. The molecule has 128 valence electrons. The van der Waals surface area contributed by atoms with Gasteiger partial charge in [0, 0.05) is 28.5 Å². The van der Waals surface area contributed by atoms with Crippen LogP contribution in [0.1, 0.15) is 32.9 Å². The molecule has 26 heavy (non-hydrogen) atoms. The molecule has 0 aliphatic rings. The summed E-state index contributed by atoms with van der Waals surface area (Å²) in [6.45, 7) is 1.72. The van der Waals surface area contributed by atoms with E-state index in [9.17, 15) is 4.79 Å². The fourth-order valence-corrected chi connectivity index (χ4v) is 2.93. The summed E-state index contributed by atoms with van der Waals surface area (Å²) in [6, 6.07) is 8.51. The molecular formula is C18H14N6OS. The molecule has 0 bridgehead atoms. The SMILES string of the molecule is Cc1cc(C#N)cnc1C(=O)Nc1ccc(N)c(C(=N)c2cscn2)c1. The normalized spacial score (nSPS) is 10.2. The second-order valence-electron chi connectivity index (χ2n) is 5.51. The first-order valence-corrected chi connectivity index (χ1v) is 8.49. The fourth-order valence-electron chi connectivity index (χ4n) is 2.39. The van der Waals surface area contributed by atoms with Crippen molar-refractivity contribution < 1.29 is 4.79 Å². The molecule has 0 aliphatic carbocycles. The van der Waals surface area contributed by atoms with Crippen LogP contribution in [-0.2, 0) is 0 Å². The average molecular weight is 362 g/mol. The van der Waals surface area contributed by atoms with E-state index in [-0.39, 0.29) is 11.4 Å². The van der Waals surface area contributed by atoms with Crippen LogP contribution in [0.3, 0.4) is 0 Å². The van der Waals surface area contributed by atoms with E-state index in [0.717, 1.165) is 0 Å². The van der Waals surface area contributed by atoms with E-state index in [0.29, 0.717) is 33.8 Å². The Labute approximate surface area is 153 Å². The van der Waals surface area contributed by atoms with Crippen LogP contribution in [0.5, 0.6) is 0 Å². The van der Waals surface area contributed by atoms with Crippen LogP contribution in [0.2, 0.25) is 0 Å². The van der Waals surface area contributed by atoms with Crippen LogP contribution >= 0.6 is 11.3 Å². The maximum absolute atomic E-state index is 12.5. The highest BCUT2D eigenvalue weighted by atomic mass is 32.1. The Hall–Kier alpha value is -3.57. The van der Waals surface area contributed by atoms with Crippen LogP contribution in [-0.4, -0.2) is 21.6 Å². The predicted octanol–water partition coefficient (Wildman–Crippen LogP) is 2.97. The van der Waals surface area contributed by atoms with Gasteiger partial charge in [-0.25, -0.2) is 9.97 Å². The van der Waals surface area contributed by atoms with Crippen molar-refractivity contribution in [3.05, 3.63) is 69.4 Å². The highest BCUT2D eigenvalue weighted by Gasteiger charge is 2.15. The van der Waals surface area contributed by atoms with Crippen LogP contribution in [0.15, 0.2) is 41.4 Å². The van der Waals surface area contributed by atoms with E-state index in [4.69, 9.17) is 16.4 Å². The Morgan fingerprint density at radius 1 is 1.35 bits per heavy atom. The quantitative estimate of drug-likeness (QED) is 0.485. The lowest BCUT2D eigenvalue weighted by Gasteiger charge is -2.11. The molecule has 1 aromatic carbocycles. The maximum Gasteiger partial charge on any atom is 0.274 e. The minimum atomic E-state index is -0.400. The number of carbonyl (C=O) groups excluding carboxylic acids is 1. The van der Waals surface area contributed by atoms with Crippen molar-refractivity contribution >= 4 is 34.3 Å². The Morgan fingerprint density at radius 2 is 2.15 bits per heavy atom. The Balaban J connectivity index is 1.87. The van der Waals surface area contributed by atoms with Gasteiger partial charge in [-0.15, -0.1) is 11.3 Å². The number of anilines is 2. The van der Waals surface area contributed by atoms with Gasteiger partial charge in [-0.2, -0.15) is 5.26 Å². The summed E-state index contributed by atoms with van der Waals surface area (Å²) >= 11 is 1.39. The van der Waals surface area contributed by atoms with E-state index < -0.39 is 5.91 Å². The number of rotatable bonds is 4. The van der Waals surface area contributed by atoms with Crippen molar-refractivity contribution in [3.63, 3.8) is 0 Å². The topological polar surface area (TPSA) is 129 Å². The number of carbonyl (C=O) groups is 1. The van der Waals surface area contributed by atoms with Crippen LogP contribution in [0.25, 0.3) is 0 Å². The zero-order valence-electron chi connectivity index (χ0n) is 13.8. The number of nitrogens with zero attached hydrogens (tertiary/aromatic N) is 3. The highest BCUT2D eigenvalue weighted by Crippen LogP contribution is 2.22. The summed E-state index contributed by atoms with van der Waals surface area (Å²) in [5.74, 6) is -0.400. The smallest absolute Gasteiger partial charge is 0.274 e. The van der Waals surface area contributed by atoms with E-state index in [1.165, 1.54) is 17.5 Å². The van der Waals surface area contributed by atoms with Crippen LogP contribution < -0.4 is 11.1 Å². The van der Waals surface area contributed by atoms with Crippen molar-refractivity contribution in [1.29, 1.82) is 10.7 Å². The zero-order chi connectivity index (χ0) is 18.7. The van der Waals surface area contributed by atoms with Gasteiger partial charge >= 0.3 is 0 Å². The molecule has 1 amide bonds. The molecule has 0 fully saturated rings. The largest absolute Gasteiger partial charge is 0.398 e. The first-order chi connectivity index (χ1) is 12.5.